The minimum atomic E-state index is -3.73. The second-order valence-corrected chi connectivity index (χ2v) is 9.11. The van der Waals surface area contributed by atoms with Crippen LogP contribution in [-0.4, -0.2) is 44.1 Å². The van der Waals surface area contributed by atoms with Crippen LogP contribution in [0.3, 0.4) is 0 Å². The van der Waals surface area contributed by atoms with Gasteiger partial charge in [0.2, 0.25) is 27.7 Å². The molecule has 4 rings (SSSR count). The molecule has 0 spiro atoms. The molecule has 2 aliphatic carbocycles. The Morgan fingerprint density at radius 1 is 1.07 bits per heavy atom. The molecule has 0 radical (unpaired) electrons. The number of carbonyl (C=O) groups is 3. The van der Waals surface area contributed by atoms with Crippen LogP contribution in [0.1, 0.15) is 12.0 Å². The average molecular weight is 403 g/mol. The Hall–Kier alpha value is -2.52. The van der Waals surface area contributed by atoms with E-state index in [9.17, 15) is 22.8 Å². The van der Waals surface area contributed by atoms with Crippen molar-refractivity contribution in [3.63, 3.8) is 0 Å². The summed E-state index contributed by atoms with van der Waals surface area (Å²) in [6, 6.07) is 6.08. The third kappa shape index (κ3) is 3.24. The van der Waals surface area contributed by atoms with E-state index in [2.05, 4.69) is 5.32 Å². The molecule has 1 aromatic carbocycles. The lowest BCUT2D eigenvalue weighted by Crippen LogP contribution is -2.42. The van der Waals surface area contributed by atoms with E-state index in [0.717, 1.165) is 16.9 Å². The van der Waals surface area contributed by atoms with Crippen molar-refractivity contribution in [1.82, 2.24) is 10.2 Å². The van der Waals surface area contributed by atoms with Crippen LogP contribution in [0.25, 0.3) is 0 Å². The second-order valence-electron chi connectivity index (χ2n) is 7.55. The van der Waals surface area contributed by atoms with Gasteiger partial charge in [0.05, 0.1) is 16.7 Å². The Morgan fingerprint density at radius 2 is 1.64 bits per heavy atom. The maximum atomic E-state index is 12.6. The molecule has 3 N–H and O–H groups in total. The number of hydrogen-bond donors (Lipinski definition) is 2. The number of likely N-dealkylation sites (tertiary alicyclic amines) is 1. The first-order valence-corrected chi connectivity index (χ1v) is 10.7. The van der Waals surface area contributed by atoms with Crippen molar-refractivity contribution in [1.29, 1.82) is 0 Å². The van der Waals surface area contributed by atoms with Crippen molar-refractivity contribution in [3.05, 3.63) is 42.0 Å². The molecule has 1 heterocycles. The van der Waals surface area contributed by atoms with Gasteiger partial charge in [-0.15, -0.1) is 0 Å². The molecule has 8 nitrogen and oxygen atoms in total. The van der Waals surface area contributed by atoms with Gasteiger partial charge in [-0.1, -0.05) is 24.3 Å². The summed E-state index contributed by atoms with van der Waals surface area (Å²) in [5.41, 5.74) is 0.832. The summed E-state index contributed by atoms with van der Waals surface area (Å²) in [6.45, 7) is 0.0535. The fraction of sp³-hybridized carbons (Fsp3) is 0.421. The van der Waals surface area contributed by atoms with Gasteiger partial charge in [-0.3, -0.25) is 19.3 Å². The normalized spacial score (nSPS) is 28.1. The fourth-order valence-corrected chi connectivity index (χ4v) is 5.03. The van der Waals surface area contributed by atoms with Gasteiger partial charge in [-0.05, 0) is 42.4 Å². The molecule has 4 atom stereocenters. The van der Waals surface area contributed by atoms with Crippen LogP contribution in [0.15, 0.2) is 41.3 Å². The minimum Gasteiger partial charge on any atom is -0.354 e. The first-order valence-electron chi connectivity index (χ1n) is 9.17. The lowest BCUT2D eigenvalue weighted by Gasteiger charge is -2.16. The highest BCUT2D eigenvalue weighted by molar-refractivity contribution is 7.89. The maximum Gasteiger partial charge on any atom is 0.240 e. The number of carbonyl (C=O) groups excluding carboxylic acids is 3. The number of hydrogen-bond acceptors (Lipinski definition) is 5. The van der Waals surface area contributed by atoms with Crippen LogP contribution in [0.5, 0.6) is 0 Å². The van der Waals surface area contributed by atoms with Crippen molar-refractivity contribution >= 4 is 27.7 Å². The lowest BCUT2D eigenvalue weighted by molar-refractivity contribution is -0.144. The SMILES string of the molecule is NS(=O)(=O)c1ccc(CCNC(=O)CN2C(=O)[C@@H]3[C@@H](C2=O)[C@H]2C=C[C@@H]3C2)cc1. The van der Waals surface area contributed by atoms with E-state index in [1.165, 1.54) is 12.1 Å². The molecule has 148 valence electrons. The van der Waals surface area contributed by atoms with E-state index in [4.69, 9.17) is 5.14 Å². The molecule has 9 heteroatoms. The smallest absolute Gasteiger partial charge is 0.240 e. The van der Waals surface area contributed by atoms with Gasteiger partial charge in [0.25, 0.3) is 0 Å². The molecule has 0 aromatic heterocycles. The topological polar surface area (TPSA) is 127 Å². The first-order chi connectivity index (χ1) is 13.3. The number of amides is 3. The Balaban J connectivity index is 1.29. The Labute approximate surface area is 162 Å². The van der Waals surface area contributed by atoms with Crippen LogP contribution in [0, 0.1) is 23.7 Å². The summed E-state index contributed by atoms with van der Waals surface area (Å²) in [7, 11) is -3.73. The molecule has 3 amide bonds. The summed E-state index contributed by atoms with van der Waals surface area (Å²) in [4.78, 5) is 38.4. The van der Waals surface area contributed by atoms with Crippen molar-refractivity contribution in [2.45, 2.75) is 17.7 Å². The van der Waals surface area contributed by atoms with Crippen LogP contribution >= 0.6 is 0 Å². The highest BCUT2D eigenvalue weighted by Crippen LogP contribution is 2.52. The zero-order valence-corrected chi connectivity index (χ0v) is 15.9. The van der Waals surface area contributed by atoms with Gasteiger partial charge in [-0.2, -0.15) is 0 Å². The van der Waals surface area contributed by atoms with E-state index >= 15 is 0 Å². The van der Waals surface area contributed by atoms with E-state index in [-0.39, 0.29) is 52.8 Å². The van der Waals surface area contributed by atoms with E-state index in [0.29, 0.717) is 13.0 Å². The van der Waals surface area contributed by atoms with Gasteiger partial charge in [-0.25, -0.2) is 13.6 Å². The molecule has 3 aliphatic rings. The Bertz CT molecular complexity index is 940. The molecule has 1 aromatic rings. The van der Waals surface area contributed by atoms with Crippen molar-refractivity contribution in [2.24, 2.45) is 28.8 Å². The summed E-state index contributed by atoms with van der Waals surface area (Å²) in [5.74, 6) is -1.20. The monoisotopic (exact) mass is 403 g/mol. The number of primary sulfonamides is 1. The number of nitrogens with two attached hydrogens (primary N) is 1. The third-order valence-corrected chi connectivity index (χ3v) is 6.78. The Kier molecular flexibility index (Phi) is 4.59. The summed E-state index contributed by atoms with van der Waals surface area (Å²) >= 11 is 0. The number of imide groups is 1. The molecule has 28 heavy (non-hydrogen) atoms. The van der Waals surface area contributed by atoms with Gasteiger partial charge < -0.3 is 5.32 Å². The average Bonchev–Trinajstić information content (AvgIpc) is 3.31. The number of benzene rings is 1. The van der Waals surface area contributed by atoms with Crippen molar-refractivity contribution in [3.8, 4) is 0 Å². The van der Waals surface area contributed by atoms with Crippen LogP contribution in [-0.2, 0) is 30.8 Å². The molecule has 2 fully saturated rings. The summed E-state index contributed by atoms with van der Waals surface area (Å²) in [5, 5.41) is 7.76. The molecular weight excluding hydrogens is 382 g/mol. The van der Waals surface area contributed by atoms with Crippen LogP contribution < -0.4 is 10.5 Å². The highest BCUT2D eigenvalue weighted by atomic mass is 32.2. The predicted octanol–water partition coefficient (Wildman–Crippen LogP) is -0.200. The van der Waals surface area contributed by atoms with Crippen molar-refractivity contribution < 1.29 is 22.8 Å². The van der Waals surface area contributed by atoms with E-state index in [1.54, 1.807) is 12.1 Å². The summed E-state index contributed by atoms with van der Waals surface area (Å²) < 4.78 is 22.5. The predicted molar refractivity (Wildman–Crippen MR) is 99.0 cm³/mol. The molecular formula is C19H21N3O5S. The number of rotatable bonds is 6. The van der Waals surface area contributed by atoms with Gasteiger partial charge in [0.1, 0.15) is 6.54 Å². The molecule has 1 saturated carbocycles. The largest absolute Gasteiger partial charge is 0.354 e. The Morgan fingerprint density at radius 3 is 2.18 bits per heavy atom. The van der Waals surface area contributed by atoms with E-state index < -0.39 is 10.0 Å². The molecule has 1 saturated heterocycles. The number of fused-ring (bicyclic) bond motifs is 5. The zero-order chi connectivity index (χ0) is 20.1. The molecule has 2 bridgehead atoms. The van der Waals surface area contributed by atoms with Gasteiger partial charge in [0.15, 0.2) is 0 Å². The second kappa shape index (κ2) is 6.82. The summed E-state index contributed by atoms with van der Waals surface area (Å²) in [6.07, 6.45) is 5.37. The maximum absolute atomic E-state index is 12.6. The lowest BCUT2D eigenvalue weighted by atomic mass is 9.85. The minimum absolute atomic E-state index is 0.0281. The molecule has 0 unspecified atom stereocenters. The zero-order valence-electron chi connectivity index (χ0n) is 15.1. The number of nitrogens with one attached hydrogen (secondary N) is 1. The van der Waals surface area contributed by atoms with Gasteiger partial charge >= 0.3 is 0 Å². The highest BCUT2D eigenvalue weighted by Gasteiger charge is 2.59. The third-order valence-electron chi connectivity index (χ3n) is 5.85. The quantitative estimate of drug-likeness (QED) is 0.502. The fourth-order valence-electron chi connectivity index (χ4n) is 4.51. The molecule has 1 aliphatic heterocycles. The number of allylic oxidation sites excluding steroid dienone is 2. The standard InChI is InChI=1S/C19H21N3O5S/c20-28(26,27)14-5-1-11(2-6-14)7-8-21-15(23)10-22-18(24)16-12-3-4-13(9-12)17(16)19(22)25/h1-6,12-13,16-17H,7-10H2,(H,21,23)(H2,20,26,27)/t12-,13+,16-,17-/m0/s1. The number of sulfonamides is 1. The van der Waals surface area contributed by atoms with Gasteiger partial charge in [0, 0.05) is 6.54 Å². The first kappa shape index (κ1) is 18.8. The van der Waals surface area contributed by atoms with E-state index in [1.807, 2.05) is 12.2 Å². The number of nitrogens with zero attached hydrogens (tertiary/aromatic N) is 1. The van der Waals surface area contributed by atoms with Crippen LogP contribution in [0.4, 0.5) is 0 Å². The van der Waals surface area contributed by atoms with Crippen LogP contribution in [0.2, 0.25) is 0 Å². The van der Waals surface area contributed by atoms with Crippen molar-refractivity contribution in [2.75, 3.05) is 13.1 Å².